The third-order valence-electron chi connectivity index (χ3n) is 5.20. The van der Waals surface area contributed by atoms with Crippen LogP contribution in [-0.4, -0.2) is 48.1 Å². The maximum atomic E-state index is 5.99. The molecule has 0 unspecified atom stereocenters. The summed E-state index contributed by atoms with van der Waals surface area (Å²) in [6.45, 7) is 11.1. The molecule has 0 atom stereocenters. The van der Waals surface area contributed by atoms with Crippen LogP contribution >= 0.6 is 46.9 Å². The molecule has 0 bridgehead atoms. The van der Waals surface area contributed by atoms with Crippen LogP contribution in [0.25, 0.3) is 0 Å². The Balaban J connectivity index is 0.00000320. The zero-order valence-electron chi connectivity index (χ0n) is 18.1. The molecule has 0 radical (unpaired) electrons. The number of likely N-dealkylation sites (tertiary alicyclic amines) is 1. The molecule has 1 saturated heterocycles. The second-order valence-corrected chi connectivity index (χ2v) is 9.30. The van der Waals surface area contributed by atoms with E-state index in [1.165, 1.54) is 10.4 Å². The van der Waals surface area contributed by atoms with Gasteiger partial charge in [0.25, 0.3) is 0 Å². The Morgan fingerprint density at radius 3 is 2.53 bits per heavy atom. The Kier molecular flexibility index (Phi) is 10.8. The highest BCUT2D eigenvalue weighted by molar-refractivity contribution is 14.0. The number of piperidine rings is 1. The standard InChI is InChI=1S/C22H32ClN5S.HI/c1-4-24-22(25-12-9-21-16(2)26-17(3)29-21)27-20-10-13-28(14-11-20)15-18-5-7-19(23)8-6-18;/h5-8,20H,4,9-15H2,1-3H3,(H2,24,25,27);1H. The summed E-state index contributed by atoms with van der Waals surface area (Å²) >= 11 is 7.77. The van der Waals surface area contributed by atoms with Crippen LogP contribution in [0.15, 0.2) is 29.3 Å². The van der Waals surface area contributed by atoms with Crippen LogP contribution in [-0.2, 0) is 13.0 Å². The third-order valence-corrected chi connectivity index (χ3v) is 6.59. The highest BCUT2D eigenvalue weighted by Gasteiger charge is 2.20. The van der Waals surface area contributed by atoms with Gasteiger partial charge in [0.05, 0.1) is 10.7 Å². The Morgan fingerprint density at radius 2 is 1.93 bits per heavy atom. The molecule has 5 nitrogen and oxygen atoms in total. The summed E-state index contributed by atoms with van der Waals surface area (Å²) in [5.74, 6) is 0.933. The van der Waals surface area contributed by atoms with E-state index in [9.17, 15) is 0 Å². The molecule has 1 aliphatic rings. The van der Waals surface area contributed by atoms with Crippen molar-refractivity contribution in [1.29, 1.82) is 0 Å². The van der Waals surface area contributed by atoms with Gasteiger partial charge in [0.15, 0.2) is 5.96 Å². The number of halogens is 2. The van der Waals surface area contributed by atoms with Crippen molar-refractivity contribution in [3.63, 3.8) is 0 Å². The molecule has 3 rings (SSSR count). The Morgan fingerprint density at radius 1 is 1.23 bits per heavy atom. The molecule has 30 heavy (non-hydrogen) atoms. The number of nitrogens with zero attached hydrogens (tertiary/aromatic N) is 3. The van der Waals surface area contributed by atoms with E-state index in [2.05, 4.69) is 53.4 Å². The minimum atomic E-state index is 0. The predicted molar refractivity (Wildman–Crippen MR) is 140 cm³/mol. The number of hydrogen-bond acceptors (Lipinski definition) is 4. The van der Waals surface area contributed by atoms with E-state index in [4.69, 9.17) is 16.6 Å². The maximum absolute atomic E-state index is 5.99. The quantitative estimate of drug-likeness (QED) is 0.290. The first-order valence-corrected chi connectivity index (χ1v) is 11.7. The molecule has 1 aromatic carbocycles. The molecule has 2 aromatic rings. The molecule has 1 aliphatic heterocycles. The molecule has 2 N–H and O–H groups in total. The number of nitrogens with one attached hydrogen (secondary N) is 2. The minimum absolute atomic E-state index is 0. The van der Waals surface area contributed by atoms with Crippen LogP contribution in [0.4, 0.5) is 0 Å². The number of aryl methyl sites for hydroxylation is 2. The molecule has 0 aliphatic carbocycles. The summed E-state index contributed by atoms with van der Waals surface area (Å²) in [6.07, 6.45) is 3.21. The molecule has 1 aromatic heterocycles. The highest BCUT2D eigenvalue weighted by atomic mass is 127. The molecule has 0 amide bonds. The second kappa shape index (κ2) is 12.8. The fraction of sp³-hybridized carbons (Fsp3) is 0.545. The molecule has 8 heteroatoms. The lowest BCUT2D eigenvalue weighted by atomic mass is 10.0. The molecule has 2 heterocycles. The van der Waals surface area contributed by atoms with Gasteiger partial charge in [-0.2, -0.15) is 0 Å². The second-order valence-electron chi connectivity index (χ2n) is 7.57. The van der Waals surface area contributed by atoms with E-state index < -0.39 is 0 Å². The third kappa shape index (κ3) is 7.98. The fourth-order valence-corrected chi connectivity index (χ4v) is 4.72. The molecular weight excluding hydrogens is 529 g/mol. The maximum Gasteiger partial charge on any atom is 0.191 e. The van der Waals surface area contributed by atoms with E-state index in [1.807, 2.05) is 12.1 Å². The van der Waals surface area contributed by atoms with Gasteiger partial charge in [-0.3, -0.25) is 9.89 Å². The number of rotatable bonds is 7. The topological polar surface area (TPSA) is 52.6 Å². The Bertz CT molecular complexity index is 800. The van der Waals surface area contributed by atoms with Gasteiger partial charge in [-0.15, -0.1) is 35.3 Å². The monoisotopic (exact) mass is 561 g/mol. The average molecular weight is 562 g/mol. The predicted octanol–water partition coefficient (Wildman–Crippen LogP) is 4.79. The number of aromatic nitrogens is 1. The van der Waals surface area contributed by atoms with Crippen LogP contribution in [0.2, 0.25) is 5.02 Å². The first-order chi connectivity index (χ1) is 14.0. The van der Waals surface area contributed by atoms with Crippen molar-refractivity contribution >= 4 is 52.9 Å². The fourth-order valence-electron chi connectivity index (χ4n) is 3.67. The lowest BCUT2D eigenvalue weighted by Crippen LogP contribution is -2.48. The van der Waals surface area contributed by atoms with E-state index in [-0.39, 0.29) is 24.0 Å². The number of aliphatic imine (C=N–C) groups is 1. The number of thiazole rings is 1. The normalized spacial score (nSPS) is 15.7. The average Bonchev–Trinajstić information content (AvgIpc) is 3.02. The first kappa shape index (κ1) is 25.4. The van der Waals surface area contributed by atoms with Crippen LogP contribution in [0.5, 0.6) is 0 Å². The molecule has 166 valence electrons. The van der Waals surface area contributed by atoms with E-state index in [0.29, 0.717) is 6.04 Å². The molecular formula is C22H33ClIN5S. The number of benzene rings is 1. The van der Waals surface area contributed by atoms with Crippen molar-refractivity contribution in [3.05, 3.63) is 50.4 Å². The summed E-state index contributed by atoms with van der Waals surface area (Å²) in [7, 11) is 0. The van der Waals surface area contributed by atoms with Gasteiger partial charge in [0, 0.05) is 55.1 Å². The van der Waals surface area contributed by atoms with Crippen molar-refractivity contribution in [2.24, 2.45) is 4.99 Å². The van der Waals surface area contributed by atoms with E-state index >= 15 is 0 Å². The van der Waals surface area contributed by atoms with Gasteiger partial charge in [-0.1, -0.05) is 23.7 Å². The molecule has 0 saturated carbocycles. The van der Waals surface area contributed by atoms with Gasteiger partial charge < -0.3 is 10.6 Å². The van der Waals surface area contributed by atoms with E-state index in [1.54, 1.807) is 11.3 Å². The first-order valence-electron chi connectivity index (χ1n) is 10.5. The zero-order chi connectivity index (χ0) is 20.6. The van der Waals surface area contributed by atoms with Crippen LogP contribution in [0, 0.1) is 13.8 Å². The summed E-state index contributed by atoms with van der Waals surface area (Å²) in [5.41, 5.74) is 2.47. The van der Waals surface area contributed by atoms with Crippen LogP contribution in [0.3, 0.4) is 0 Å². The summed E-state index contributed by atoms with van der Waals surface area (Å²) < 4.78 is 0. The Labute approximate surface area is 206 Å². The summed E-state index contributed by atoms with van der Waals surface area (Å²) in [6, 6.07) is 8.66. The zero-order valence-corrected chi connectivity index (χ0v) is 22.0. The van der Waals surface area contributed by atoms with Gasteiger partial charge in [-0.25, -0.2) is 4.98 Å². The smallest absolute Gasteiger partial charge is 0.191 e. The van der Waals surface area contributed by atoms with Crippen molar-refractivity contribution < 1.29 is 0 Å². The van der Waals surface area contributed by atoms with Crippen LogP contribution < -0.4 is 10.6 Å². The van der Waals surface area contributed by atoms with Gasteiger partial charge >= 0.3 is 0 Å². The Hall–Kier alpha value is -0.900. The molecule has 0 spiro atoms. The van der Waals surface area contributed by atoms with Gasteiger partial charge in [0.2, 0.25) is 0 Å². The van der Waals surface area contributed by atoms with Crippen molar-refractivity contribution in [1.82, 2.24) is 20.5 Å². The van der Waals surface area contributed by atoms with Crippen molar-refractivity contribution in [2.75, 3.05) is 26.2 Å². The molecule has 1 fully saturated rings. The lowest BCUT2D eigenvalue weighted by molar-refractivity contribution is 0.198. The number of hydrogen-bond donors (Lipinski definition) is 2. The van der Waals surface area contributed by atoms with Gasteiger partial charge in [-0.05, 0) is 51.3 Å². The minimum Gasteiger partial charge on any atom is -0.357 e. The highest BCUT2D eigenvalue weighted by Crippen LogP contribution is 2.18. The largest absolute Gasteiger partial charge is 0.357 e. The summed E-state index contributed by atoms with van der Waals surface area (Å²) in [4.78, 5) is 13.2. The van der Waals surface area contributed by atoms with Crippen molar-refractivity contribution in [3.8, 4) is 0 Å². The van der Waals surface area contributed by atoms with Gasteiger partial charge in [0.1, 0.15) is 0 Å². The van der Waals surface area contributed by atoms with Crippen molar-refractivity contribution in [2.45, 2.75) is 52.6 Å². The lowest BCUT2D eigenvalue weighted by Gasteiger charge is -2.33. The number of guanidine groups is 1. The SMILES string of the molecule is CCNC(=NCCc1sc(C)nc1C)NC1CCN(Cc2ccc(Cl)cc2)CC1.I. The summed E-state index contributed by atoms with van der Waals surface area (Å²) in [5, 5.41) is 8.96. The van der Waals surface area contributed by atoms with E-state index in [0.717, 1.165) is 73.7 Å². The van der Waals surface area contributed by atoms with Crippen LogP contribution in [0.1, 0.15) is 40.9 Å².